The van der Waals surface area contributed by atoms with E-state index in [9.17, 15) is 0 Å². The third-order valence-corrected chi connectivity index (χ3v) is 6.70. The number of aromatic nitrogens is 2. The Bertz CT molecular complexity index is 1050. The lowest BCUT2D eigenvalue weighted by Crippen LogP contribution is -2.45. The zero-order chi connectivity index (χ0) is 20.4. The van der Waals surface area contributed by atoms with Crippen LogP contribution in [0.25, 0.3) is 16.3 Å². The Morgan fingerprint density at radius 1 is 1.34 bits per heavy atom. The minimum absolute atomic E-state index is 0.170. The van der Waals surface area contributed by atoms with Crippen LogP contribution in [0.1, 0.15) is 24.4 Å². The van der Waals surface area contributed by atoms with Gasteiger partial charge < -0.3 is 14.7 Å². The number of allylic oxidation sites excluding steroid dienone is 1. The molecule has 1 aromatic carbocycles. The number of rotatable bonds is 6. The Balaban J connectivity index is 1.81. The normalized spacial score (nSPS) is 16.8. The smallest absolute Gasteiger partial charge is 0.258 e. The van der Waals surface area contributed by atoms with Crippen molar-refractivity contribution in [2.45, 2.75) is 17.9 Å². The van der Waals surface area contributed by atoms with Gasteiger partial charge in [-0.05, 0) is 54.5 Å². The number of thioether (sulfide) groups is 1. The van der Waals surface area contributed by atoms with Gasteiger partial charge >= 0.3 is 0 Å². The molecular weight excluding hydrogens is 420 g/mol. The van der Waals surface area contributed by atoms with E-state index >= 15 is 0 Å². The fourth-order valence-electron chi connectivity index (χ4n) is 3.29. The molecule has 0 bridgehead atoms. The molecule has 0 spiro atoms. The summed E-state index contributed by atoms with van der Waals surface area (Å²) >= 11 is 8.93. The fourth-order valence-corrected chi connectivity index (χ4v) is 4.68. The van der Waals surface area contributed by atoms with Gasteiger partial charge in [0.25, 0.3) is 5.89 Å². The van der Waals surface area contributed by atoms with Crippen molar-refractivity contribution in [3.63, 3.8) is 0 Å². The molecule has 1 atom stereocenters. The van der Waals surface area contributed by atoms with E-state index in [-0.39, 0.29) is 6.04 Å². The van der Waals surface area contributed by atoms with Gasteiger partial charge in [0.15, 0.2) is 5.11 Å². The predicted molar refractivity (Wildman–Crippen MR) is 124 cm³/mol. The van der Waals surface area contributed by atoms with Crippen LogP contribution in [-0.2, 0) is 0 Å². The monoisotopic (exact) mass is 440 g/mol. The van der Waals surface area contributed by atoms with Crippen LogP contribution in [0.3, 0.4) is 0 Å². The lowest BCUT2D eigenvalue weighted by molar-refractivity contribution is 0.399. The number of hydrogen-bond donors (Lipinski definition) is 1. The van der Waals surface area contributed by atoms with Crippen molar-refractivity contribution in [1.82, 2.24) is 20.4 Å². The largest absolute Gasteiger partial charge is 0.351 e. The van der Waals surface area contributed by atoms with E-state index < -0.39 is 0 Å². The van der Waals surface area contributed by atoms with Crippen molar-refractivity contribution >= 4 is 46.0 Å². The Hall–Kier alpha value is -2.42. The second-order valence-electron chi connectivity index (χ2n) is 6.45. The average molecular weight is 441 g/mol. The summed E-state index contributed by atoms with van der Waals surface area (Å²) in [7, 11) is 0. The van der Waals surface area contributed by atoms with Crippen LogP contribution in [0, 0.1) is 0 Å². The van der Waals surface area contributed by atoms with Gasteiger partial charge in [-0.25, -0.2) is 0 Å². The number of hydrogen-bond acceptors (Lipinski definition) is 6. The van der Waals surface area contributed by atoms with Gasteiger partial charge in [0.2, 0.25) is 5.82 Å². The first-order valence-corrected chi connectivity index (χ1v) is 11.5. The Kier molecular flexibility index (Phi) is 5.84. The molecular formula is C21H20N4OS3. The maximum Gasteiger partial charge on any atom is 0.258 e. The standard InChI is InChI=1S/C21H20N4OS3/c1-4-11-25-13(2)17(20-23-19(24-26-20)16-6-5-12-29-16)18(22-21(25)27)14-7-9-15(28-3)10-8-14/h4-10,12,18H,1,11H2,2-3H3,(H,22,27). The molecule has 1 aliphatic rings. The molecule has 1 unspecified atom stereocenters. The molecule has 0 saturated heterocycles. The highest BCUT2D eigenvalue weighted by molar-refractivity contribution is 7.98. The fraction of sp³-hybridized carbons (Fsp3) is 0.190. The molecule has 8 heteroatoms. The maximum atomic E-state index is 5.70. The molecule has 0 saturated carbocycles. The highest BCUT2D eigenvalue weighted by atomic mass is 32.2. The van der Waals surface area contributed by atoms with Crippen LogP contribution in [0.15, 0.2) is 69.5 Å². The first-order chi connectivity index (χ1) is 14.1. The van der Waals surface area contributed by atoms with E-state index in [1.54, 1.807) is 23.1 Å². The van der Waals surface area contributed by atoms with Gasteiger partial charge in [0.1, 0.15) is 0 Å². The molecule has 4 rings (SSSR count). The molecule has 0 fully saturated rings. The van der Waals surface area contributed by atoms with Crippen LogP contribution in [0.2, 0.25) is 0 Å². The molecule has 1 N–H and O–H groups in total. The molecule has 5 nitrogen and oxygen atoms in total. The number of thiocarbonyl (C=S) groups is 1. The quantitative estimate of drug-likeness (QED) is 0.314. The van der Waals surface area contributed by atoms with E-state index in [4.69, 9.17) is 21.7 Å². The SMILES string of the molecule is C=CCN1C(=S)NC(c2ccc(SC)cc2)C(c2nc(-c3cccs3)no2)=C1C. The lowest BCUT2D eigenvalue weighted by atomic mass is 9.95. The Morgan fingerprint density at radius 2 is 2.14 bits per heavy atom. The van der Waals surface area contributed by atoms with Crippen molar-refractivity contribution in [3.8, 4) is 10.7 Å². The van der Waals surface area contributed by atoms with Crippen molar-refractivity contribution in [1.29, 1.82) is 0 Å². The van der Waals surface area contributed by atoms with Gasteiger partial charge in [-0.1, -0.05) is 29.4 Å². The van der Waals surface area contributed by atoms with Gasteiger partial charge in [0.05, 0.1) is 16.5 Å². The number of benzene rings is 1. The Labute approximate surface area is 183 Å². The molecule has 1 aliphatic heterocycles. The summed E-state index contributed by atoms with van der Waals surface area (Å²) in [5.74, 6) is 1.09. The molecule has 148 valence electrons. The molecule has 0 radical (unpaired) electrons. The van der Waals surface area contributed by atoms with Crippen LogP contribution >= 0.6 is 35.3 Å². The Morgan fingerprint density at radius 3 is 2.79 bits per heavy atom. The van der Waals surface area contributed by atoms with E-state index in [1.807, 2.05) is 35.4 Å². The predicted octanol–water partition coefficient (Wildman–Crippen LogP) is 5.37. The summed E-state index contributed by atoms with van der Waals surface area (Å²) in [6, 6.07) is 12.2. The van der Waals surface area contributed by atoms with Crippen LogP contribution in [-0.4, -0.2) is 33.0 Å². The minimum Gasteiger partial charge on any atom is -0.351 e. The third kappa shape index (κ3) is 3.88. The first-order valence-electron chi connectivity index (χ1n) is 9.04. The topological polar surface area (TPSA) is 54.2 Å². The van der Waals surface area contributed by atoms with Crippen molar-refractivity contribution in [2.24, 2.45) is 0 Å². The summed E-state index contributed by atoms with van der Waals surface area (Å²) in [4.78, 5) is 8.87. The maximum absolute atomic E-state index is 5.70. The van der Waals surface area contributed by atoms with Crippen molar-refractivity contribution in [3.05, 3.63) is 71.6 Å². The molecule has 2 aromatic heterocycles. The van der Waals surface area contributed by atoms with Gasteiger partial charge in [-0.2, -0.15) is 4.98 Å². The van der Waals surface area contributed by atoms with Gasteiger partial charge in [0, 0.05) is 17.1 Å². The van der Waals surface area contributed by atoms with Crippen LogP contribution in [0.4, 0.5) is 0 Å². The van der Waals surface area contributed by atoms with Gasteiger partial charge in [-0.15, -0.1) is 29.7 Å². The summed E-state index contributed by atoms with van der Waals surface area (Å²) in [5, 5.41) is 10.3. The molecule has 3 heterocycles. The second kappa shape index (κ2) is 8.52. The number of nitrogens with zero attached hydrogens (tertiary/aromatic N) is 3. The average Bonchev–Trinajstić information content (AvgIpc) is 3.42. The number of nitrogens with one attached hydrogen (secondary N) is 1. The number of thiophene rings is 1. The van der Waals surface area contributed by atoms with E-state index in [2.05, 4.69) is 47.6 Å². The molecule has 0 amide bonds. The lowest BCUT2D eigenvalue weighted by Gasteiger charge is -2.36. The summed E-state index contributed by atoms with van der Waals surface area (Å²) in [6.45, 7) is 6.49. The summed E-state index contributed by atoms with van der Waals surface area (Å²) < 4.78 is 5.70. The van der Waals surface area contributed by atoms with Gasteiger partial charge in [-0.3, -0.25) is 0 Å². The molecule has 0 aliphatic carbocycles. The first kappa shape index (κ1) is 19.9. The molecule has 3 aromatic rings. The van der Waals surface area contributed by atoms with Crippen LogP contribution in [0.5, 0.6) is 0 Å². The van der Waals surface area contributed by atoms with E-state index in [0.717, 1.165) is 21.7 Å². The van der Waals surface area contributed by atoms with E-state index in [0.29, 0.717) is 23.4 Å². The second-order valence-corrected chi connectivity index (χ2v) is 8.67. The molecule has 29 heavy (non-hydrogen) atoms. The highest BCUT2D eigenvalue weighted by Crippen LogP contribution is 2.38. The summed E-state index contributed by atoms with van der Waals surface area (Å²) in [6.07, 6.45) is 3.89. The minimum atomic E-state index is -0.170. The van der Waals surface area contributed by atoms with Crippen molar-refractivity contribution in [2.75, 3.05) is 12.8 Å². The summed E-state index contributed by atoms with van der Waals surface area (Å²) in [5.41, 5.74) is 3.00. The van der Waals surface area contributed by atoms with Crippen molar-refractivity contribution < 1.29 is 4.52 Å². The van der Waals surface area contributed by atoms with Crippen LogP contribution < -0.4 is 5.32 Å². The van der Waals surface area contributed by atoms with E-state index in [1.165, 1.54) is 4.90 Å². The highest BCUT2D eigenvalue weighted by Gasteiger charge is 2.33. The zero-order valence-electron chi connectivity index (χ0n) is 16.1. The zero-order valence-corrected chi connectivity index (χ0v) is 18.5. The third-order valence-electron chi connectivity index (χ3n) is 4.76.